The Labute approximate surface area is 154 Å². The number of aryl methyl sites for hydroxylation is 2. The van der Waals surface area contributed by atoms with Gasteiger partial charge in [-0.2, -0.15) is 0 Å². The largest absolute Gasteiger partial charge is 0.289 e. The molecule has 0 spiro atoms. The maximum atomic E-state index is 12.6. The highest BCUT2D eigenvalue weighted by Crippen LogP contribution is 2.32. The normalized spacial score (nSPS) is 11.3. The molecule has 0 saturated carbocycles. The van der Waals surface area contributed by atoms with E-state index in [4.69, 9.17) is 0 Å². The lowest BCUT2D eigenvalue weighted by Crippen LogP contribution is -2.14. The van der Waals surface area contributed by atoms with Crippen molar-refractivity contribution in [1.82, 2.24) is 4.98 Å². The van der Waals surface area contributed by atoms with Crippen molar-refractivity contribution in [3.05, 3.63) is 69.1 Å². The minimum Gasteiger partial charge on any atom is -0.258 e. The zero-order valence-corrected chi connectivity index (χ0v) is 15.6. The van der Waals surface area contributed by atoms with Gasteiger partial charge in [0.1, 0.15) is 0 Å². The molecule has 1 heterocycles. The predicted molar refractivity (Wildman–Crippen MR) is 101 cm³/mol. The third kappa shape index (κ3) is 3.58. The van der Waals surface area contributed by atoms with E-state index in [0.29, 0.717) is 5.69 Å². The van der Waals surface area contributed by atoms with Gasteiger partial charge in [0.15, 0.2) is 10.0 Å². The zero-order chi connectivity index (χ0) is 18.9. The van der Waals surface area contributed by atoms with Crippen LogP contribution in [0.2, 0.25) is 0 Å². The van der Waals surface area contributed by atoms with Gasteiger partial charge in [0.2, 0.25) is 0 Å². The lowest BCUT2D eigenvalue weighted by molar-refractivity contribution is -0.387. The molecule has 0 unspecified atom stereocenters. The molecule has 1 N–H and O–H groups in total. The molecular weight excluding hydrogens is 374 g/mol. The topological polar surface area (TPSA) is 102 Å². The second-order valence-corrected chi connectivity index (χ2v) is 8.47. The summed E-state index contributed by atoms with van der Waals surface area (Å²) in [5, 5.41) is 11.3. The number of benzene rings is 2. The maximum Gasteiger partial charge on any atom is 0.289 e. The van der Waals surface area contributed by atoms with Crippen LogP contribution in [0.4, 0.5) is 10.8 Å². The summed E-state index contributed by atoms with van der Waals surface area (Å²) >= 11 is 1.18. The first-order chi connectivity index (χ1) is 12.3. The van der Waals surface area contributed by atoms with Gasteiger partial charge < -0.3 is 0 Å². The second kappa shape index (κ2) is 6.85. The van der Waals surface area contributed by atoms with Crippen LogP contribution in [0.5, 0.6) is 0 Å². The van der Waals surface area contributed by atoms with Gasteiger partial charge in [-0.1, -0.05) is 42.0 Å². The molecular formula is C17H15N3O4S2. The zero-order valence-electron chi connectivity index (χ0n) is 14.0. The average Bonchev–Trinajstić information content (AvgIpc) is 2.95. The second-order valence-electron chi connectivity index (χ2n) is 5.62. The van der Waals surface area contributed by atoms with Crippen molar-refractivity contribution in [2.45, 2.75) is 18.7 Å². The molecule has 0 aliphatic heterocycles. The predicted octanol–water partition coefficient (Wildman–Crippen LogP) is 4.14. The lowest BCUT2D eigenvalue weighted by atomic mass is 10.1. The van der Waals surface area contributed by atoms with Crippen LogP contribution in [0.3, 0.4) is 0 Å². The van der Waals surface area contributed by atoms with Gasteiger partial charge in [-0.15, -0.1) is 11.3 Å². The fourth-order valence-electron chi connectivity index (χ4n) is 2.42. The molecule has 134 valence electrons. The van der Waals surface area contributed by atoms with E-state index in [1.165, 1.54) is 29.5 Å². The summed E-state index contributed by atoms with van der Waals surface area (Å²) in [6.45, 7) is 3.82. The van der Waals surface area contributed by atoms with Crippen LogP contribution in [0, 0.1) is 24.0 Å². The Kier molecular flexibility index (Phi) is 4.75. The molecule has 0 bridgehead atoms. The van der Waals surface area contributed by atoms with Crippen LogP contribution < -0.4 is 4.72 Å². The Balaban J connectivity index is 1.96. The van der Waals surface area contributed by atoms with E-state index < -0.39 is 25.5 Å². The summed E-state index contributed by atoms with van der Waals surface area (Å²) in [4.78, 5) is 15.2. The van der Waals surface area contributed by atoms with Gasteiger partial charge in [0.05, 0.1) is 10.6 Å². The molecule has 7 nitrogen and oxygen atoms in total. The summed E-state index contributed by atoms with van der Waals surface area (Å²) < 4.78 is 27.5. The van der Waals surface area contributed by atoms with Gasteiger partial charge in [0, 0.05) is 16.5 Å². The third-order valence-corrected chi connectivity index (χ3v) is 6.10. The molecule has 0 saturated heterocycles. The highest BCUT2D eigenvalue weighted by Gasteiger charge is 2.26. The smallest absolute Gasteiger partial charge is 0.258 e. The first-order valence-corrected chi connectivity index (χ1v) is 9.88. The maximum absolute atomic E-state index is 12.6. The van der Waals surface area contributed by atoms with Crippen molar-refractivity contribution in [1.29, 1.82) is 0 Å². The van der Waals surface area contributed by atoms with E-state index in [0.717, 1.165) is 22.1 Å². The standard InChI is InChI=1S/C17H15N3O4S2/c1-11-7-9-13(10-8-11)16-12(2)25-17(18-16)19-26(23,24)15-6-4-3-5-14(15)20(21)22/h3-10H,1-2H3,(H,18,19). The Morgan fingerprint density at radius 3 is 2.38 bits per heavy atom. The van der Waals surface area contributed by atoms with Crippen molar-refractivity contribution in [3.63, 3.8) is 0 Å². The van der Waals surface area contributed by atoms with Crippen LogP contribution in [-0.4, -0.2) is 18.3 Å². The summed E-state index contributed by atoms with van der Waals surface area (Å²) in [5.74, 6) is 0. The SMILES string of the molecule is Cc1ccc(-c2nc(NS(=O)(=O)c3ccccc3[N+](=O)[O-])sc2C)cc1. The molecule has 26 heavy (non-hydrogen) atoms. The van der Waals surface area contributed by atoms with E-state index >= 15 is 0 Å². The Bertz CT molecular complexity index is 1070. The van der Waals surface area contributed by atoms with Crippen molar-refractivity contribution < 1.29 is 13.3 Å². The van der Waals surface area contributed by atoms with Crippen LogP contribution >= 0.6 is 11.3 Å². The number of nitro groups is 1. The lowest BCUT2D eigenvalue weighted by Gasteiger charge is -2.05. The van der Waals surface area contributed by atoms with Gasteiger partial charge in [0.25, 0.3) is 15.7 Å². The minimum absolute atomic E-state index is 0.163. The molecule has 1 aromatic heterocycles. The highest BCUT2D eigenvalue weighted by molar-refractivity contribution is 7.93. The average molecular weight is 389 g/mol. The molecule has 0 aliphatic rings. The van der Waals surface area contributed by atoms with E-state index in [-0.39, 0.29) is 5.13 Å². The van der Waals surface area contributed by atoms with Gasteiger partial charge in [-0.05, 0) is 19.9 Å². The number of sulfonamides is 1. The molecule has 0 amide bonds. The molecule has 3 rings (SSSR count). The van der Waals surface area contributed by atoms with E-state index in [2.05, 4.69) is 9.71 Å². The Morgan fingerprint density at radius 2 is 1.73 bits per heavy atom. The molecule has 9 heteroatoms. The van der Waals surface area contributed by atoms with Crippen molar-refractivity contribution in [2.75, 3.05) is 4.72 Å². The third-order valence-electron chi connectivity index (χ3n) is 3.69. The fourth-order valence-corrected chi connectivity index (χ4v) is 4.67. The Hall–Kier alpha value is -2.78. The van der Waals surface area contributed by atoms with E-state index in [1.54, 1.807) is 0 Å². The van der Waals surface area contributed by atoms with Crippen molar-refractivity contribution >= 4 is 32.2 Å². The Morgan fingerprint density at radius 1 is 1.08 bits per heavy atom. The molecule has 0 aliphatic carbocycles. The monoisotopic (exact) mass is 389 g/mol. The summed E-state index contributed by atoms with van der Waals surface area (Å²) in [5.41, 5.74) is 2.18. The number of nitrogens with zero attached hydrogens (tertiary/aromatic N) is 2. The number of aromatic nitrogens is 1. The summed E-state index contributed by atoms with van der Waals surface area (Å²) in [6.07, 6.45) is 0. The van der Waals surface area contributed by atoms with Crippen LogP contribution in [0.1, 0.15) is 10.4 Å². The number of anilines is 1. The molecule has 3 aromatic rings. The van der Waals surface area contributed by atoms with Crippen LogP contribution in [0.15, 0.2) is 53.4 Å². The first-order valence-electron chi connectivity index (χ1n) is 7.58. The first kappa shape index (κ1) is 18.0. The van der Waals surface area contributed by atoms with Gasteiger partial charge in [-0.3, -0.25) is 14.8 Å². The molecule has 0 atom stereocenters. The quantitative estimate of drug-likeness (QED) is 0.522. The van der Waals surface area contributed by atoms with Gasteiger partial charge in [-0.25, -0.2) is 13.4 Å². The minimum atomic E-state index is -4.13. The van der Waals surface area contributed by atoms with E-state index in [1.807, 2.05) is 38.1 Å². The van der Waals surface area contributed by atoms with Gasteiger partial charge >= 0.3 is 0 Å². The molecule has 0 fully saturated rings. The van der Waals surface area contributed by atoms with Crippen molar-refractivity contribution in [3.8, 4) is 11.3 Å². The highest BCUT2D eigenvalue weighted by atomic mass is 32.2. The number of para-hydroxylation sites is 1. The fraction of sp³-hybridized carbons (Fsp3) is 0.118. The summed E-state index contributed by atoms with van der Waals surface area (Å²) in [7, 11) is -4.13. The van der Waals surface area contributed by atoms with E-state index in [9.17, 15) is 18.5 Å². The number of hydrogen-bond acceptors (Lipinski definition) is 6. The van der Waals surface area contributed by atoms with Crippen molar-refractivity contribution in [2.24, 2.45) is 0 Å². The van der Waals surface area contributed by atoms with Crippen LogP contribution in [0.25, 0.3) is 11.3 Å². The molecule has 0 radical (unpaired) electrons. The number of hydrogen-bond donors (Lipinski definition) is 1. The number of thiazole rings is 1. The van der Waals surface area contributed by atoms with Crippen LogP contribution in [-0.2, 0) is 10.0 Å². The summed E-state index contributed by atoms with van der Waals surface area (Å²) in [6, 6.07) is 12.9. The number of nitro benzene ring substituents is 1. The molecule has 2 aromatic carbocycles. The number of rotatable bonds is 5. The number of nitrogens with one attached hydrogen (secondary N) is 1.